The lowest BCUT2D eigenvalue weighted by Crippen LogP contribution is -2.28. The van der Waals surface area contributed by atoms with E-state index < -0.39 is 0 Å². The van der Waals surface area contributed by atoms with E-state index in [1.165, 1.54) is 0 Å². The highest BCUT2D eigenvalue weighted by Gasteiger charge is 2.22. The molecule has 1 aliphatic rings. The largest absolute Gasteiger partial charge is 0.339 e. The molecule has 140 valence electrons. The Balaban J connectivity index is 0.00000312. The number of nitrogens with zero attached hydrogens (tertiary/aromatic N) is 1. The topological polar surface area (TPSA) is 75.4 Å². The second-order valence-corrected chi connectivity index (χ2v) is 6.63. The number of amides is 2. The Bertz CT molecular complexity index is 575. The molecule has 0 atom stereocenters. The first-order valence-corrected chi connectivity index (χ1v) is 9.08. The van der Waals surface area contributed by atoms with Gasteiger partial charge in [-0.3, -0.25) is 9.59 Å². The minimum absolute atomic E-state index is 0. The normalized spacial score (nSPS) is 13.4. The van der Waals surface area contributed by atoms with E-state index in [0.717, 1.165) is 51.6 Å². The molecule has 2 amide bonds. The number of unbranched alkanes of at least 4 members (excludes halogenated alkanes) is 3. The van der Waals surface area contributed by atoms with Gasteiger partial charge in [0.15, 0.2) is 0 Å². The van der Waals surface area contributed by atoms with Crippen LogP contribution in [0.1, 0.15) is 55.3 Å². The van der Waals surface area contributed by atoms with Crippen LogP contribution < -0.4 is 11.1 Å². The van der Waals surface area contributed by atoms with E-state index in [-0.39, 0.29) is 24.2 Å². The van der Waals surface area contributed by atoms with Gasteiger partial charge in [-0.25, -0.2) is 0 Å². The fourth-order valence-corrected chi connectivity index (χ4v) is 3.06. The SMILES string of the molecule is Cl.NCCCCCCC(=O)Nc1ccc(Cl)cc1C(=O)N1CCCC1. The summed E-state index contributed by atoms with van der Waals surface area (Å²) in [7, 11) is 0. The van der Waals surface area contributed by atoms with Gasteiger partial charge in [-0.05, 0) is 50.4 Å². The van der Waals surface area contributed by atoms with Gasteiger partial charge >= 0.3 is 0 Å². The zero-order chi connectivity index (χ0) is 17.4. The monoisotopic (exact) mass is 387 g/mol. The van der Waals surface area contributed by atoms with E-state index in [0.29, 0.717) is 29.2 Å². The number of hydrogen-bond donors (Lipinski definition) is 2. The summed E-state index contributed by atoms with van der Waals surface area (Å²) in [6.07, 6.45) is 6.36. The van der Waals surface area contributed by atoms with Gasteiger partial charge in [0.2, 0.25) is 5.91 Å². The maximum atomic E-state index is 12.6. The van der Waals surface area contributed by atoms with E-state index >= 15 is 0 Å². The number of carbonyl (C=O) groups is 2. The molecule has 0 bridgehead atoms. The van der Waals surface area contributed by atoms with Crippen molar-refractivity contribution in [3.63, 3.8) is 0 Å². The molecule has 0 saturated carbocycles. The number of hydrogen-bond acceptors (Lipinski definition) is 3. The molecular formula is C18H27Cl2N3O2. The zero-order valence-electron chi connectivity index (χ0n) is 14.4. The van der Waals surface area contributed by atoms with E-state index in [4.69, 9.17) is 17.3 Å². The summed E-state index contributed by atoms with van der Waals surface area (Å²) < 4.78 is 0. The van der Waals surface area contributed by atoms with Crippen LogP contribution in [0.3, 0.4) is 0 Å². The summed E-state index contributed by atoms with van der Waals surface area (Å²) in [6.45, 7) is 2.22. The van der Waals surface area contributed by atoms with Crippen molar-refractivity contribution in [3.8, 4) is 0 Å². The Labute approximate surface area is 160 Å². The highest BCUT2D eigenvalue weighted by atomic mass is 35.5. The number of carbonyl (C=O) groups excluding carboxylic acids is 2. The van der Waals surface area contributed by atoms with Crippen LogP contribution in [0.5, 0.6) is 0 Å². The summed E-state index contributed by atoms with van der Waals surface area (Å²) in [5, 5.41) is 3.36. The molecule has 25 heavy (non-hydrogen) atoms. The van der Waals surface area contributed by atoms with Crippen molar-refractivity contribution in [1.82, 2.24) is 4.90 Å². The van der Waals surface area contributed by atoms with Crippen molar-refractivity contribution < 1.29 is 9.59 Å². The molecule has 5 nitrogen and oxygen atoms in total. The van der Waals surface area contributed by atoms with Crippen LogP contribution in [0.4, 0.5) is 5.69 Å². The molecule has 0 aromatic heterocycles. The zero-order valence-corrected chi connectivity index (χ0v) is 16.0. The van der Waals surface area contributed by atoms with Gasteiger partial charge in [0.05, 0.1) is 11.3 Å². The molecule has 2 rings (SSSR count). The molecule has 1 heterocycles. The summed E-state index contributed by atoms with van der Waals surface area (Å²) in [4.78, 5) is 26.6. The molecule has 1 saturated heterocycles. The Hall–Kier alpha value is -1.30. The predicted octanol–water partition coefficient (Wildman–Crippen LogP) is 3.85. The van der Waals surface area contributed by atoms with Crippen LogP contribution in [-0.4, -0.2) is 36.3 Å². The van der Waals surface area contributed by atoms with Crippen LogP contribution in [0.15, 0.2) is 18.2 Å². The molecule has 1 aromatic rings. The Morgan fingerprint density at radius 3 is 2.48 bits per heavy atom. The molecule has 7 heteroatoms. The van der Waals surface area contributed by atoms with Crippen LogP contribution >= 0.6 is 24.0 Å². The van der Waals surface area contributed by atoms with Gasteiger partial charge < -0.3 is 16.0 Å². The molecule has 0 aliphatic carbocycles. The number of rotatable bonds is 8. The van der Waals surface area contributed by atoms with Gasteiger partial charge in [-0.15, -0.1) is 12.4 Å². The quantitative estimate of drug-likeness (QED) is 0.665. The van der Waals surface area contributed by atoms with Gasteiger partial charge in [0.1, 0.15) is 0 Å². The van der Waals surface area contributed by atoms with Crippen LogP contribution in [0, 0.1) is 0 Å². The number of halogens is 2. The number of likely N-dealkylation sites (tertiary alicyclic amines) is 1. The van der Waals surface area contributed by atoms with E-state index in [2.05, 4.69) is 5.32 Å². The fraction of sp³-hybridized carbons (Fsp3) is 0.556. The summed E-state index contributed by atoms with van der Waals surface area (Å²) in [5.41, 5.74) is 6.47. The molecule has 1 aliphatic heterocycles. The van der Waals surface area contributed by atoms with E-state index in [1.807, 2.05) is 4.90 Å². The minimum atomic E-state index is -0.0689. The third-order valence-electron chi connectivity index (χ3n) is 4.24. The first kappa shape index (κ1) is 21.7. The Morgan fingerprint density at radius 1 is 1.12 bits per heavy atom. The molecule has 0 unspecified atom stereocenters. The molecule has 1 fully saturated rings. The highest BCUT2D eigenvalue weighted by molar-refractivity contribution is 6.31. The average molecular weight is 388 g/mol. The number of nitrogens with two attached hydrogens (primary N) is 1. The summed E-state index contributed by atoms with van der Waals surface area (Å²) in [5.74, 6) is -0.131. The Kier molecular flexibility index (Phi) is 9.86. The molecule has 3 N–H and O–H groups in total. The lowest BCUT2D eigenvalue weighted by molar-refractivity contribution is -0.116. The lowest BCUT2D eigenvalue weighted by Gasteiger charge is -2.18. The van der Waals surface area contributed by atoms with Crippen molar-refractivity contribution >= 4 is 41.5 Å². The van der Waals surface area contributed by atoms with Gasteiger partial charge in [0, 0.05) is 24.5 Å². The van der Waals surface area contributed by atoms with Crippen molar-refractivity contribution in [2.45, 2.75) is 44.9 Å². The van der Waals surface area contributed by atoms with Gasteiger partial charge in [-0.2, -0.15) is 0 Å². The first-order chi connectivity index (χ1) is 11.6. The third kappa shape index (κ3) is 6.84. The molecular weight excluding hydrogens is 361 g/mol. The maximum absolute atomic E-state index is 12.6. The van der Waals surface area contributed by atoms with E-state index in [1.54, 1.807) is 18.2 Å². The molecule has 0 spiro atoms. The lowest BCUT2D eigenvalue weighted by atomic mass is 10.1. The van der Waals surface area contributed by atoms with Crippen LogP contribution in [0.2, 0.25) is 5.02 Å². The molecule has 1 aromatic carbocycles. The minimum Gasteiger partial charge on any atom is -0.339 e. The summed E-state index contributed by atoms with van der Waals surface area (Å²) >= 11 is 6.04. The standard InChI is InChI=1S/C18H26ClN3O2.ClH/c19-14-8-9-16(21-17(23)7-3-1-2-4-10-20)15(13-14)18(24)22-11-5-6-12-22;/h8-9,13H,1-7,10-12,20H2,(H,21,23);1H. The van der Waals surface area contributed by atoms with Gasteiger partial charge in [0.25, 0.3) is 5.91 Å². The summed E-state index contributed by atoms with van der Waals surface area (Å²) in [6, 6.07) is 5.04. The number of nitrogens with one attached hydrogen (secondary N) is 1. The van der Waals surface area contributed by atoms with Crippen LogP contribution in [0.25, 0.3) is 0 Å². The smallest absolute Gasteiger partial charge is 0.256 e. The highest BCUT2D eigenvalue weighted by Crippen LogP contribution is 2.24. The number of anilines is 1. The van der Waals surface area contributed by atoms with Crippen molar-refractivity contribution in [2.24, 2.45) is 5.73 Å². The molecule has 0 radical (unpaired) electrons. The second kappa shape index (κ2) is 11.3. The van der Waals surface area contributed by atoms with Crippen molar-refractivity contribution in [3.05, 3.63) is 28.8 Å². The van der Waals surface area contributed by atoms with Crippen LogP contribution in [-0.2, 0) is 4.79 Å². The Morgan fingerprint density at radius 2 is 1.80 bits per heavy atom. The van der Waals surface area contributed by atoms with E-state index in [9.17, 15) is 9.59 Å². The predicted molar refractivity (Wildman–Crippen MR) is 105 cm³/mol. The third-order valence-corrected chi connectivity index (χ3v) is 4.47. The maximum Gasteiger partial charge on any atom is 0.256 e. The van der Waals surface area contributed by atoms with Gasteiger partial charge in [-0.1, -0.05) is 24.4 Å². The number of benzene rings is 1. The second-order valence-electron chi connectivity index (χ2n) is 6.19. The fourth-order valence-electron chi connectivity index (χ4n) is 2.89. The first-order valence-electron chi connectivity index (χ1n) is 8.70. The van der Waals surface area contributed by atoms with Crippen molar-refractivity contribution in [2.75, 3.05) is 25.0 Å². The average Bonchev–Trinajstić information content (AvgIpc) is 3.10. The van der Waals surface area contributed by atoms with Crippen molar-refractivity contribution in [1.29, 1.82) is 0 Å².